The van der Waals surface area contributed by atoms with E-state index in [1.807, 2.05) is 23.6 Å². The van der Waals surface area contributed by atoms with Crippen LogP contribution >= 0.6 is 11.8 Å². The summed E-state index contributed by atoms with van der Waals surface area (Å²) in [5, 5.41) is 9.02. The van der Waals surface area contributed by atoms with Crippen LogP contribution in [0.5, 0.6) is 5.75 Å². The molecule has 0 saturated carbocycles. The lowest BCUT2D eigenvalue weighted by molar-refractivity contribution is -0.139. The first-order valence-corrected chi connectivity index (χ1v) is 9.08. The molecule has 130 valence electrons. The third-order valence-corrected chi connectivity index (χ3v) is 4.37. The van der Waals surface area contributed by atoms with E-state index in [1.54, 1.807) is 6.92 Å². The maximum atomic E-state index is 11.5. The van der Waals surface area contributed by atoms with Gasteiger partial charge in [0.1, 0.15) is 12.4 Å². The van der Waals surface area contributed by atoms with Gasteiger partial charge in [-0.3, -0.25) is 4.79 Å². The van der Waals surface area contributed by atoms with Crippen molar-refractivity contribution in [3.05, 3.63) is 35.7 Å². The van der Waals surface area contributed by atoms with Crippen LogP contribution in [0, 0.1) is 0 Å². The SMILES string of the molecule is CCOC(=O)CSc1nnc(COc2ccc(CC)cc2)n1CC. The van der Waals surface area contributed by atoms with Gasteiger partial charge in [-0.15, -0.1) is 10.2 Å². The molecule has 24 heavy (non-hydrogen) atoms. The molecule has 1 heterocycles. The van der Waals surface area contributed by atoms with Crippen molar-refractivity contribution in [1.29, 1.82) is 0 Å². The van der Waals surface area contributed by atoms with Gasteiger partial charge in [-0.25, -0.2) is 0 Å². The lowest BCUT2D eigenvalue weighted by Crippen LogP contribution is -2.09. The van der Waals surface area contributed by atoms with E-state index in [4.69, 9.17) is 9.47 Å². The number of esters is 1. The van der Waals surface area contributed by atoms with Crippen LogP contribution in [0.25, 0.3) is 0 Å². The summed E-state index contributed by atoms with van der Waals surface area (Å²) in [6.45, 7) is 7.36. The molecule has 1 aromatic heterocycles. The van der Waals surface area contributed by atoms with Crippen LogP contribution in [0.1, 0.15) is 32.2 Å². The number of hydrogen-bond acceptors (Lipinski definition) is 6. The zero-order valence-electron chi connectivity index (χ0n) is 14.3. The van der Waals surface area contributed by atoms with Gasteiger partial charge in [0.05, 0.1) is 12.4 Å². The molecule has 6 nitrogen and oxygen atoms in total. The second kappa shape index (κ2) is 9.32. The number of carbonyl (C=O) groups is 1. The van der Waals surface area contributed by atoms with Crippen LogP contribution in [-0.4, -0.2) is 33.1 Å². The highest BCUT2D eigenvalue weighted by atomic mass is 32.2. The normalized spacial score (nSPS) is 10.6. The molecule has 0 saturated heterocycles. The molecular weight excluding hydrogens is 326 g/mol. The summed E-state index contributed by atoms with van der Waals surface area (Å²) < 4.78 is 12.7. The summed E-state index contributed by atoms with van der Waals surface area (Å²) >= 11 is 1.33. The maximum absolute atomic E-state index is 11.5. The smallest absolute Gasteiger partial charge is 0.316 e. The summed E-state index contributed by atoms with van der Waals surface area (Å²) in [5.74, 6) is 1.52. The minimum Gasteiger partial charge on any atom is -0.486 e. The number of aryl methyl sites for hydroxylation is 1. The van der Waals surface area contributed by atoms with Crippen LogP contribution < -0.4 is 4.74 Å². The molecule has 2 aromatic rings. The zero-order valence-corrected chi connectivity index (χ0v) is 15.1. The van der Waals surface area contributed by atoms with Gasteiger partial charge in [0.25, 0.3) is 0 Å². The fraction of sp³-hybridized carbons (Fsp3) is 0.471. The summed E-state index contributed by atoms with van der Waals surface area (Å²) in [4.78, 5) is 11.5. The first-order valence-electron chi connectivity index (χ1n) is 8.10. The zero-order chi connectivity index (χ0) is 17.4. The van der Waals surface area contributed by atoms with Crippen LogP contribution in [0.15, 0.2) is 29.4 Å². The van der Waals surface area contributed by atoms with Crippen LogP contribution in [0.3, 0.4) is 0 Å². The first-order chi connectivity index (χ1) is 11.7. The van der Waals surface area contributed by atoms with Gasteiger partial charge in [-0.05, 0) is 38.0 Å². The van der Waals surface area contributed by atoms with E-state index < -0.39 is 0 Å². The average molecular weight is 349 g/mol. The number of benzene rings is 1. The molecular formula is C17H23N3O3S. The van der Waals surface area contributed by atoms with Gasteiger partial charge < -0.3 is 14.0 Å². The van der Waals surface area contributed by atoms with Gasteiger partial charge in [0, 0.05) is 6.54 Å². The molecule has 0 spiro atoms. The highest BCUT2D eigenvalue weighted by Crippen LogP contribution is 2.19. The molecule has 0 amide bonds. The van der Waals surface area contributed by atoms with Crippen molar-refractivity contribution < 1.29 is 14.3 Å². The molecule has 1 aromatic carbocycles. The van der Waals surface area contributed by atoms with E-state index >= 15 is 0 Å². The molecule has 2 rings (SSSR count). The molecule has 0 radical (unpaired) electrons. The molecule has 0 aliphatic rings. The van der Waals surface area contributed by atoms with Gasteiger partial charge in [0.15, 0.2) is 11.0 Å². The number of hydrogen-bond donors (Lipinski definition) is 0. The predicted octanol–water partition coefficient (Wildman–Crippen LogP) is 3.09. The number of thioether (sulfide) groups is 1. The Morgan fingerprint density at radius 3 is 2.54 bits per heavy atom. The Kier molecular flexibility index (Phi) is 7.11. The quantitative estimate of drug-likeness (QED) is 0.512. The predicted molar refractivity (Wildman–Crippen MR) is 93.2 cm³/mol. The topological polar surface area (TPSA) is 66.2 Å². The molecule has 0 bridgehead atoms. The number of nitrogens with zero attached hydrogens (tertiary/aromatic N) is 3. The first kappa shape index (κ1) is 18.3. The minimum absolute atomic E-state index is 0.227. The van der Waals surface area contributed by atoms with E-state index in [1.165, 1.54) is 17.3 Å². The Balaban J connectivity index is 1.96. The number of ether oxygens (including phenoxy) is 2. The van der Waals surface area contributed by atoms with Crippen molar-refractivity contribution in [3.8, 4) is 5.75 Å². The van der Waals surface area contributed by atoms with Crippen molar-refractivity contribution in [2.24, 2.45) is 0 Å². The molecule has 0 fully saturated rings. The van der Waals surface area contributed by atoms with Gasteiger partial charge >= 0.3 is 5.97 Å². The van der Waals surface area contributed by atoms with E-state index in [9.17, 15) is 4.79 Å². The molecule has 0 unspecified atom stereocenters. The average Bonchev–Trinajstić information content (AvgIpc) is 3.00. The number of aromatic nitrogens is 3. The van der Waals surface area contributed by atoms with Crippen molar-refractivity contribution in [2.75, 3.05) is 12.4 Å². The van der Waals surface area contributed by atoms with Crippen molar-refractivity contribution in [3.63, 3.8) is 0 Å². The lowest BCUT2D eigenvalue weighted by atomic mass is 10.2. The summed E-state index contributed by atoms with van der Waals surface area (Å²) in [6.07, 6.45) is 1.01. The van der Waals surface area contributed by atoms with Gasteiger partial charge in [-0.1, -0.05) is 30.8 Å². The Morgan fingerprint density at radius 1 is 1.17 bits per heavy atom. The Labute approximate surface area is 146 Å². The van der Waals surface area contributed by atoms with Crippen LogP contribution in [-0.2, 0) is 29.1 Å². The van der Waals surface area contributed by atoms with Gasteiger partial charge in [0.2, 0.25) is 0 Å². The van der Waals surface area contributed by atoms with Gasteiger partial charge in [-0.2, -0.15) is 0 Å². The fourth-order valence-electron chi connectivity index (χ4n) is 2.15. The summed E-state index contributed by atoms with van der Waals surface area (Å²) in [6, 6.07) is 8.03. The molecule has 0 aliphatic carbocycles. The fourth-order valence-corrected chi connectivity index (χ4v) is 2.96. The highest BCUT2D eigenvalue weighted by molar-refractivity contribution is 7.99. The van der Waals surface area contributed by atoms with E-state index in [0.29, 0.717) is 24.9 Å². The second-order valence-electron chi connectivity index (χ2n) is 5.02. The van der Waals surface area contributed by atoms with Crippen molar-refractivity contribution in [1.82, 2.24) is 14.8 Å². The molecule has 7 heteroatoms. The number of carbonyl (C=O) groups excluding carboxylic acids is 1. The highest BCUT2D eigenvalue weighted by Gasteiger charge is 2.14. The molecule has 0 N–H and O–H groups in total. The van der Waals surface area contributed by atoms with E-state index in [-0.39, 0.29) is 11.7 Å². The molecule has 0 aliphatic heterocycles. The largest absolute Gasteiger partial charge is 0.486 e. The lowest BCUT2D eigenvalue weighted by Gasteiger charge is -2.09. The third kappa shape index (κ3) is 4.99. The second-order valence-corrected chi connectivity index (χ2v) is 5.97. The number of rotatable bonds is 9. The van der Waals surface area contributed by atoms with E-state index in [2.05, 4.69) is 29.3 Å². The summed E-state index contributed by atoms with van der Waals surface area (Å²) in [7, 11) is 0. The monoisotopic (exact) mass is 349 g/mol. The minimum atomic E-state index is -0.248. The van der Waals surface area contributed by atoms with E-state index in [0.717, 1.165) is 18.0 Å². The van der Waals surface area contributed by atoms with Crippen LogP contribution in [0.2, 0.25) is 0 Å². The molecule has 0 atom stereocenters. The van der Waals surface area contributed by atoms with Crippen molar-refractivity contribution >= 4 is 17.7 Å². The standard InChI is InChI=1S/C17H23N3O3S/c1-4-13-7-9-14(10-8-13)23-11-15-18-19-17(20(15)5-2)24-12-16(21)22-6-3/h7-10H,4-6,11-12H2,1-3H3. The summed E-state index contributed by atoms with van der Waals surface area (Å²) in [5.41, 5.74) is 1.27. The van der Waals surface area contributed by atoms with Crippen molar-refractivity contribution in [2.45, 2.75) is 45.5 Å². The van der Waals surface area contributed by atoms with Crippen LogP contribution in [0.4, 0.5) is 0 Å². The Hall–Kier alpha value is -2.02. The Morgan fingerprint density at radius 2 is 1.92 bits per heavy atom. The maximum Gasteiger partial charge on any atom is 0.316 e. The third-order valence-electron chi connectivity index (χ3n) is 3.43. The Bertz CT molecular complexity index is 656.